The summed E-state index contributed by atoms with van der Waals surface area (Å²) in [5.74, 6) is -2.63. The molecule has 1 aliphatic carbocycles. The molecular weight excluding hydrogens is 516 g/mol. The molecule has 0 bridgehead atoms. The van der Waals surface area contributed by atoms with Crippen molar-refractivity contribution in [3.63, 3.8) is 0 Å². The van der Waals surface area contributed by atoms with Crippen LogP contribution in [0.4, 0.5) is 8.78 Å². The Morgan fingerprint density at radius 1 is 1.10 bits per heavy atom. The maximum atomic E-state index is 14.2. The number of hydrogen-bond donors (Lipinski definition) is 2. The normalized spacial score (nSPS) is 23.3. The Balaban J connectivity index is 1.72. The van der Waals surface area contributed by atoms with E-state index in [-0.39, 0.29) is 42.1 Å². The lowest BCUT2D eigenvalue weighted by atomic mass is 9.75. The molecule has 40 heavy (non-hydrogen) atoms. The predicted octanol–water partition coefficient (Wildman–Crippen LogP) is 5.88. The number of unbranched alkanes of at least 4 members (excludes halogenated alkanes) is 1. The third kappa shape index (κ3) is 6.40. The minimum atomic E-state index is -0.993. The van der Waals surface area contributed by atoms with Gasteiger partial charge in [-0.05, 0) is 67.3 Å². The molecule has 1 aliphatic heterocycles. The maximum Gasteiger partial charge on any atom is 0.305 e. The van der Waals surface area contributed by atoms with E-state index in [0.717, 1.165) is 43.0 Å². The van der Waals surface area contributed by atoms with Gasteiger partial charge in [0.05, 0.1) is 12.5 Å². The number of aliphatic carboxylic acids is 1. The van der Waals surface area contributed by atoms with E-state index in [1.807, 2.05) is 17.0 Å². The molecule has 7 nitrogen and oxygen atoms in total. The Morgan fingerprint density at radius 3 is 2.30 bits per heavy atom. The molecular formula is C31H37F2N3O4. The highest BCUT2D eigenvalue weighted by Gasteiger charge is 2.53. The quantitative estimate of drug-likeness (QED) is 0.384. The largest absolute Gasteiger partial charge is 0.481 e. The van der Waals surface area contributed by atoms with Gasteiger partial charge >= 0.3 is 5.97 Å². The van der Waals surface area contributed by atoms with Crippen molar-refractivity contribution < 1.29 is 28.3 Å². The van der Waals surface area contributed by atoms with Crippen molar-refractivity contribution in [1.82, 2.24) is 10.2 Å². The average Bonchev–Trinajstić information content (AvgIpc) is 3.14. The van der Waals surface area contributed by atoms with Gasteiger partial charge in [0.15, 0.2) is 0 Å². The minimum Gasteiger partial charge on any atom is -0.481 e. The summed E-state index contributed by atoms with van der Waals surface area (Å²) in [4.78, 5) is 44.3. The molecule has 1 fully saturated rings. The van der Waals surface area contributed by atoms with Crippen LogP contribution < -0.4 is 5.32 Å². The Bertz CT molecular complexity index is 1260. The van der Waals surface area contributed by atoms with Crippen molar-refractivity contribution in [3.05, 3.63) is 70.8 Å². The molecule has 0 radical (unpaired) electrons. The van der Waals surface area contributed by atoms with E-state index in [4.69, 9.17) is 10.1 Å². The fraction of sp³-hybridized carbons (Fsp3) is 0.484. The molecule has 2 unspecified atom stereocenters. The highest BCUT2D eigenvalue weighted by molar-refractivity contribution is 6.46. The van der Waals surface area contributed by atoms with E-state index in [1.165, 1.54) is 0 Å². The molecule has 1 heterocycles. The van der Waals surface area contributed by atoms with Gasteiger partial charge in [-0.1, -0.05) is 45.7 Å². The molecule has 0 aromatic heterocycles. The van der Waals surface area contributed by atoms with Gasteiger partial charge < -0.3 is 15.3 Å². The standard InChI is InChI=1S/C31H37F2N3O4/c1-4-5-6-26(21-7-9-22(10-8-21)29(39)34-12-11-27(37)38)36-30(40)28(23-14-24(32)16-25(33)15-23)35-31(36)17-19(2)13-20(3)18-31/h7-10,14-16,19-20,26H,4-6,11-13,17-18H2,1-3H3,(H,34,39)(H,37,38)/t19?,20?,26-,31?/m1/s1. The number of carboxylic acid groups (broad SMARTS) is 1. The van der Waals surface area contributed by atoms with Gasteiger partial charge in [0.1, 0.15) is 23.0 Å². The fourth-order valence-corrected chi connectivity index (χ4v) is 6.35. The summed E-state index contributed by atoms with van der Waals surface area (Å²) in [6.45, 7) is 6.39. The monoisotopic (exact) mass is 553 g/mol. The first-order valence-electron chi connectivity index (χ1n) is 14.0. The van der Waals surface area contributed by atoms with Gasteiger partial charge in [-0.3, -0.25) is 19.4 Å². The van der Waals surface area contributed by atoms with E-state index in [0.29, 0.717) is 36.7 Å². The van der Waals surface area contributed by atoms with Gasteiger partial charge in [-0.15, -0.1) is 0 Å². The van der Waals surface area contributed by atoms with Crippen LogP contribution in [0.1, 0.15) is 93.2 Å². The van der Waals surface area contributed by atoms with Gasteiger partial charge in [0.2, 0.25) is 0 Å². The zero-order valence-corrected chi connectivity index (χ0v) is 23.3. The van der Waals surface area contributed by atoms with E-state index in [9.17, 15) is 23.2 Å². The minimum absolute atomic E-state index is 0.0248. The molecule has 4 rings (SSSR count). The van der Waals surface area contributed by atoms with Crippen LogP contribution in [0.2, 0.25) is 0 Å². The molecule has 1 saturated carbocycles. The molecule has 3 atom stereocenters. The molecule has 2 aromatic rings. The highest BCUT2D eigenvalue weighted by atomic mass is 19.1. The first kappa shape index (κ1) is 29.4. The number of nitrogens with one attached hydrogen (secondary N) is 1. The number of carbonyl (C=O) groups excluding carboxylic acids is 2. The summed E-state index contributed by atoms with van der Waals surface area (Å²) < 4.78 is 28.4. The second kappa shape index (κ2) is 12.3. The first-order chi connectivity index (χ1) is 19.0. The average molecular weight is 554 g/mol. The lowest BCUT2D eigenvalue weighted by molar-refractivity contribution is -0.137. The summed E-state index contributed by atoms with van der Waals surface area (Å²) in [5.41, 5.74) is 0.611. The molecule has 2 amide bonds. The molecule has 9 heteroatoms. The topological polar surface area (TPSA) is 99.1 Å². The number of nitrogens with zero attached hydrogens (tertiary/aromatic N) is 2. The van der Waals surface area contributed by atoms with Crippen LogP contribution in [0.25, 0.3) is 0 Å². The molecule has 2 aromatic carbocycles. The lowest BCUT2D eigenvalue weighted by Crippen LogP contribution is -2.52. The van der Waals surface area contributed by atoms with Gasteiger partial charge in [-0.2, -0.15) is 0 Å². The number of aliphatic imine (C=N–C) groups is 1. The van der Waals surface area contributed by atoms with Crippen molar-refractivity contribution >= 4 is 23.5 Å². The zero-order chi connectivity index (χ0) is 29.0. The van der Waals surface area contributed by atoms with Gasteiger partial charge in [-0.25, -0.2) is 8.78 Å². The van der Waals surface area contributed by atoms with E-state index in [1.54, 1.807) is 12.1 Å². The summed E-state index contributed by atoms with van der Waals surface area (Å²) in [6, 6.07) is 9.74. The van der Waals surface area contributed by atoms with Crippen LogP contribution in [0.15, 0.2) is 47.5 Å². The van der Waals surface area contributed by atoms with Crippen LogP contribution in [0.3, 0.4) is 0 Å². The number of hydrogen-bond acceptors (Lipinski definition) is 4. The third-order valence-electron chi connectivity index (χ3n) is 7.81. The number of halogens is 2. The molecule has 2 aliphatic rings. The maximum absolute atomic E-state index is 14.2. The van der Waals surface area contributed by atoms with E-state index < -0.39 is 23.3 Å². The Hall–Kier alpha value is -3.62. The number of rotatable bonds is 10. The first-order valence-corrected chi connectivity index (χ1v) is 14.0. The number of carbonyl (C=O) groups is 3. The smallest absolute Gasteiger partial charge is 0.305 e. The van der Waals surface area contributed by atoms with Crippen molar-refractivity contribution in [2.45, 2.75) is 77.4 Å². The second-order valence-corrected chi connectivity index (χ2v) is 11.3. The third-order valence-corrected chi connectivity index (χ3v) is 7.81. The lowest BCUT2D eigenvalue weighted by Gasteiger charge is -2.47. The Kier molecular flexibility index (Phi) is 9.01. The van der Waals surface area contributed by atoms with E-state index >= 15 is 0 Å². The van der Waals surface area contributed by atoms with Crippen LogP contribution in [0, 0.1) is 23.5 Å². The molecule has 1 spiro atoms. The number of carboxylic acids is 1. The fourth-order valence-electron chi connectivity index (χ4n) is 6.35. The summed E-state index contributed by atoms with van der Waals surface area (Å²) >= 11 is 0. The summed E-state index contributed by atoms with van der Waals surface area (Å²) in [5, 5.41) is 11.4. The van der Waals surface area contributed by atoms with E-state index in [2.05, 4.69) is 26.1 Å². The van der Waals surface area contributed by atoms with Crippen molar-refractivity contribution in [3.8, 4) is 0 Å². The molecule has 214 valence electrons. The Labute approximate surface area is 233 Å². The number of benzene rings is 2. The van der Waals surface area contributed by atoms with Gasteiger partial charge in [0, 0.05) is 23.7 Å². The van der Waals surface area contributed by atoms with Crippen molar-refractivity contribution in [2.75, 3.05) is 6.54 Å². The molecule has 2 N–H and O–H groups in total. The van der Waals surface area contributed by atoms with Crippen LogP contribution in [-0.2, 0) is 9.59 Å². The van der Waals surface area contributed by atoms with Crippen molar-refractivity contribution in [2.24, 2.45) is 16.8 Å². The van der Waals surface area contributed by atoms with Crippen LogP contribution in [-0.4, -0.2) is 45.7 Å². The SMILES string of the molecule is CCCC[C@H](c1ccc(C(=O)NCCC(=O)O)cc1)N1C(=O)C(c2cc(F)cc(F)c2)=NC12CC(C)CC(C)C2. The van der Waals surface area contributed by atoms with Crippen LogP contribution in [0.5, 0.6) is 0 Å². The van der Waals surface area contributed by atoms with Crippen LogP contribution >= 0.6 is 0 Å². The zero-order valence-electron chi connectivity index (χ0n) is 23.3. The Morgan fingerprint density at radius 2 is 1.73 bits per heavy atom. The second-order valence-electron chi connectivity index (χ2n) is 11.3. The number of amides is 2. The van der Waals surface area contributed by atoms with Crippen molar-refractivity contribution in [1.29, 1.82) is 0 Å². The summed E-state index contributed by atoms with van der Waals surface area (Å²) in [6.07, 6.45) is 4.55. The predicted molar refractivity (Wildman–Crippen MR) is 148 cm³/mol. The highest BCUT2D eigenvalue weighted by Crippen LogP contribution is 2.48. The van der Waals surface area contributed by atoms with Gasteiger partial charge in [0.25, 0.3) is 11.8 Å². The summed E-state index contributed by atoms with van der Waals surface area (Å²) in [7, 11) is 0. The molecule has 0 saturated heterocycles.